The van der Waals surface area contributed by atoms with Crippen molar-refractivity contribution in [3.63, 3.8) is 0 Å². The van der Waals surface area contributed by atoms with Gasteiger partial charge < -0.3 is 25.4 Å². The Morgan fingerprint density at radius 2 is 2.02 bits per heavy atom. The molecule has 234 valence electrons. The van der Waals surface area contributed by atoms with Gasteiger partial charge in [-0.25, -0.2) is 14.5 Å². The number of ether oxygens (including phenoxy) is 2. The number of amides is 2. The molecular formula is C25H35N9O6S3. The molecule has 1 saturated heterocycles. The van der Waals surface area contributed by atoms with Gasteiger partial charge in [-0.2, -0.15) is 0 Å². The van der Waals surface area contributed by atoms with Crippen molar-refractivity contribution in [1.29, 1.82) is 0 Å². The number of rotatable bonds is 14. The van der Waals surface area contributed by atoms with E-state index in [9.17, 15) is 19.2 Å². The van der Waals surface area contributed by atoms with Gasteiger partial charge in [0, 0.05) is 36.8 Å². The third-order valence-corrected chi connectivity index (χ3v) is 9.35. The third kappa shape index (κ3) is 8.45. The summed E-state index contributed by atoms with van der Waals surface area (Å²) < 4.78 is 12.4. The predicted molar refractivity (Wildman–Crippen MR) is 160 cm³/mol. The van der Waals surface area contributed by atoms with E-state index in [4.69, 9.17) is 15.2 Å². The number of hydrogen-bond acceptors (Lipinski definition) is 15. The molecule has 1 fully saturated rings. The number of nitrogens with two attached hydrogens (primary N) is 1. The number of aromatic nitrogens is 5. The Labute approximate surface area is 261 Å². The average molecular weight is 654 g/mol. The average Bonchev–Trinajstić information content (AvgIpc) is 3.55. The molecule has 43 heavy (non-hydrogen) atoms. The van der Waals surface area contributed by atoms with Crippen molar-refractivity contribution >= 4 is 63.7 Å². The summed E-state index contributed by atoms with van der Waals surface area (Å²) in [5.41, 5.74) is 6.86. The molecule has 4 heterocycles. The Hall–Kier alpha value is -3.22. The number of carbonyl (C=O) groups is 4. The number of esters is 2. The van der Waals surface area contributed by atoms with Gasteiger partial charge in [-0.05, 0) is 36.0 Å². The quantitative estimate of drug-likeness (QED) is 0.126. The normalized spacial score (nSPS) is 18.9. The SMILES string of the molecule is CC(C)CC(=O)OC(C)OC(=O)C1=C(CSc2nnnn2CCN(C)C)CS[C@H]2[C@H](NC(=O)Cc3csc(N)n3)C(=O)N12. The van der Waals surface area contributed by atoms with E-state index in [1.807, 2.05) is 32.8 Å². The fourth-order valence-corrected chi connectivity index (χ4v) is 7.21. The molecule has 15 nitrogen and oxygen atoms in total. The van der Waals surface area contributed by atoms with Crippen LogP contribution < -0.4 is 11.1 Å². The molecule has 1 unspecified atom stereocenters. The lowest BCUT2D eigenvalue weighted by Gasteiger charge is -2.49. The van der Waals surface area contributed by atoms with Gasteiger partial charge in [0.05, 0.1) is 18.7 Å². The Bertz CT molecular complexity index is 1380. The van der Waals surface area contributed by atoms with Crippen LogP contribution in [0.1, 0.15) is 32.9 Å². The molecule has 2 aromatic heterocycles. The zero-order chi connectivity index (χ0) is 31.3. The lowest BCUT2D eigenvalue weighted by atomic mass is 10.0. The van der Waals surface area contributed by atoms with Gasteiger partial charge in [0.25, 0.3) is 5.91 Å². The molecule has 4 rings (SSSR count). The van der Waals surface area contributed by atoms with E-state index in [1.54, 1.807) is 10.1 Å². The third-order valence-electron chi connectivity index (χ3n) is 6.25. The number of β-lactam (4-membered cyclic amide) rings is 1. The van der Waals surface area contributed by atoms with E-state index in [2.05, 4.69) is 25.8 Å². The smallest absolute Gasteiger partial charge is 0.358 e. The fourth-order valence-electron chi connectivity index (χ4n) is 4.26. The number of hydrogen-bond donors (Lipinski definition) is 2. The molecule has 0 radical (unpaired) electrons. The number of nitrogens with one attached hydrogen (secondary N) is 1. The van der Waals surface area contributed by atoms with Crippen molar-refractivity contribution < 1.29 is 28.7 Å². The molecule has 18 heteroatoms. The van der Waals surface area contributed by atoms with Crippen LogP contribution >= 0.6 is 34.9 Å². The van der Waals surface area contributed by atoms with E-state index in [0.29, 0.717) is 39.6 Å². The number of carbonyl (C=O) groups excluding carboxylic acids is 4. The van der Waals surface area contributed by atoms with Crippen LogP contribution in [0.4, 0.5) is 5.13 Å². The van der Waals surface area contributed by atoms with E-state index in [-0.39, 0.29) is 30.4 Å². The van der Waals surface area contributed by atoms with Crippen LogP contribution in [0.5, 0.6) is 0 Å². The first-order valence-electron chi connectivity index (χ1n) is 13.5. The van der Waals surface area contributed by atoms with E-state index >= 15 is 0 Å². The Kier molecular flexibility index (Phi) is 11.0. The number of fused-ring (bicyclic) bond motifs is 1. The monoisotopic (exact) mass is 653 g/mol. The highest BCUT2D eigenvalue weighted by Crippen LogP contribution is 2.42. The van der Waals surface area contributed by atoms with Gasteiger partial charge in [-0.3, -0.25) is 19.3 Å². The summed E-state index contributed by atoms with van der Waals surface area (Å²) in [5.74, 6) is -1.35. The van der Waals surface area contributed by atoms with Crippen molar-refractivity contribution in [3.05, 3.63) is 22.3 Å². The topological polar surface area (TPSA) is 188 Å². The number of thioether (sulfide) groups is 2. The van der Waals surface area contributed by atoms with E-state index < -0.39 is 35.6 Å². The van der Waals surface area contributed by atoms with Crippen molar-refractivity contribution in [2.45, 2.75) is 63.0 Å². The molecule has 2 aliphatic heterocycles. The van der Waals surface area contributed by atoms with Crippen molar-refractivity contribution in [3.8, 4) is 0 Å². The minimum atomic E-state index is -1.16. The highest BCUT2D eigenvalue weighted by molar-refractivity contribution is 8.01. The standard InChI is InChI=1S/C25H35N9O6S3/c1-13(2)8-18(36)39-14(3)40-23(38)20-15(11-43-25-29-30-31-33(25)7-6-32(4)5)10-41-22-19(21(37)34(20)22)28-17(35)9-16-12-42-24(26)27-16/h12-14,19,22H,6-11H2,1-5H3,(H2,26,27)(H,28,35)/t14?,19-,22+/m1/s1. The highest BCUT2D eigenvalue weighted by atomic mass is 32.2. The second-order valence-corrected chi connectivity index (χ2v) is 13.5. The van der Waals surface area contributed by atoms with Crippen molar-refractivity contribution in [2.24, 2.45) is 5.92 Å². The van der Waals surface area contributed by atoms with Crippen LogP contribution in [0.15, 0.2) is 21.8 Å². The lowest BCUT2D eigenvalue weighted by molar-refractivity contribution is -0.184. The molecule has 2 aliphatic rings. The first-order valence-corrected chi connectivity index (χ1v) is 16.4. The molecule has 2 aromatic rings. The molecule has 0 aromatic carbocycles. The summed E-state index contributed by atoms with van der Waals surface area (Å²) in [4.78, 5) is 59.1. The predicted octanol–water partition coefficient (Wildman–Crippen LogP) is 0.741. The number of tetrazole rings is 1. The maximum Gasteiger partial charge on any atom is 0.358 e. The molecule has 0 spiro atoms. The first kappa shape index (κ1) is 32.7. The summed E-state index contributed by atoms with van der Waals surface area (Å²) in [5, 5.41) is 16.8. The molecule has 0 aliphatic carbocycles. The lowest BCUT2D eigenvalue weighted by Crippen LogP contribution is -2.70. The molecule has 3 N–H and O–H groups in total. The van der Waals surface area contributed by atoms with Crippen LogP contribution in [0.25, 0.3) is 0 Å². The van der Waals surface area contributed by atoms with Crippen LogP contribution in [-0.2, 0) is 41.6 Å². The minimum absolute atomic E-state index is 0.0245. The summed E-state index contributed by atoms with van der Waals surface area (Å²) in [7, 11) is 3.90. The maximum absolute atomic E-state index is 13.5. The maximum atomic E-state index is 13.5. The molecule has 0 bridgehead atoms. The van der Waals surface area contributed by atoms with Crippen LogP contribution in [-0.4, -0.2) is 109 Å². The second kappa shape index (κ2) is 14.5. The summed E-state index contributed by atoms with van der Waals surface area (Å²) in [6, 6.07) is -0.829. The Morgan fingerprint density at radius 3 is 2.70 bits per heavy atom. The molecule has 0 saturated carbocycles. The van der Waals surface area contributed by atoms with Crippen molar-refractivity contribution in [2.75, 3.05) is 37.9 Å². The fraction of sp³-hybridized carbons (Fsp3) is 0.600. The van der Waals surface area contributed by atoms with Crippen LogP contribution in [0, 0.1) is 5.92 Å². The van der Waals surface area contributed by atoms with Crippen LogP contribution in [0.2, 0.25) is 0 Å². The molecule has 3 atom stereocenters. The number of thiazole rings is 1. The number of anilines is 1. The first-order chi connectivity index (χ1) is 20.4. The second-order valence-electron chi connectivity index (χ2n) is 10.6. The van der Waals surface area contributed by atoms with E-state index in [1.165, 1.54) is 46.7 Å². The summed E-state index contributed by atoms with van der Waals surface area (Å²) >= 11 is 3.99. The number of nitrogen functional groups attached to an aromatic ring is 1. The highest BCUT2D eigenvalue weighted by Gasteiger charge is 2.54. The van der Waals surface area contributed by atoms with Gasteiger partial charge in [-0.1, -0.05) is 25.6 Å². The van der Waals surface area contributed by atoms with Gasteiger partial charge in [0.2, 0.25) is 17.4 Å². The minimum Gasteiger partial charge on any atom is -0.425 e. The van der Waals surface area contributed by atoms with Gasteiger partial charge >= 0.3 is 11.9 Å². The zero-order valence-corrected chi connectivity index (χ0v) is 27.0. The van der Waals surface area contributed by atoms with Crippen molar-refractivity contribution in [1.82, 2.24) is 40.3 Å². The van der Waals surface area contributed by atoms with Gasteiger partial charge in [0.15, 0.2) is 5.13 Å². The molecular weight excluding hydrogens is 619 g/mol. The van der Waals surface area contributed by atoms with E-state index in [0.717, 1.165) is 6.54 Å². The van der Waals surface area contributed by atoms with Crippen LogP contribution in [0.3, 0.4) is 0 Å². The summed E-state index contributed by atoms with van der Waals surface area (Å²) in [6.07, 6.45) is -1.01. The number of likely N-dealkylation sites (N-methyl/N-ethyl adjacent to an activating group) is 1. The zero-order valence-electron chi connectivity index (χ0n) is 24.5. The van der Waals surface area contributed by atoms with Gasteiger partial charge in [-0.15, -0.1) is 28.2 Å². The van der Waals surface area contributed by atoms with Gasteiger partial charge in [0.1, 0.15) is 17.1 Å². The Balaban J connectivity index is 1.49. The molecule has 2 amide bonds. The Morgan fingerprint density at radius 1 is 1.26 bits per heavy atom. The number of nitrogens with zero attached hydrogens (tertiary/aromatic N) is 7. The summed E-state index contributed by atoms with van der Waals surface area (Å²) in [6.45, 7) is 6.51. The largest absolute Gasteiger partial charge is 0.425 e.